The van der Waals surface area contributed by atoms with Gasteiger partial charge in [-0.05, 0) is 31.1 Å². The van der Waals surface area contributed by atoms with Gasteiger partial charge in [-0.3, -0.25) is 4.90 Å². The zero-order valence-electron chi connectivity index (χ0n) is 19.7. The van der Waals surface area contributed by atoms with Crippen LogP contribution in [0.2, 0.25) is 0 Å². The Morgan fingerprint density at radius 2 is 2.14 bits per heavy atom. The number of nitrogens with zero attached hydrogens (tertiary/aromatic N) is 4. The first-order chi connectivity index (χ1) is 17.0. The molecule has 2 bridgehead atoms. The quantitative estimate of drug-likeness (QED) is 0.426. The average Bonchev–Trinajstić information content (AvgIpc) is 3.60. The summed E-state index contributed by atoms with van der Waals surface area (Å²) < 4.78 is 25.9. The van der Waals surface area contributed by atoms with Gasteiger partial charge in [0.1, 0.15) is 37.6 Å². The zero-order valence-corrected chi connectivity index (χ0v) is 19.7. The van der Waals surface area contributed by atoms with Crippen LogP contribution >= 0.6 is 0 Å². The Kier molecular flexibility index (Phi) is 6.54. The standard InChI is InChI=1S/C24H29N5O6/c1-3-4-10-32-19-18-21(28-11-16(2)20(27-23(28)31)29-15-25-14-26-29)35-24(19,12-33-18)13-34-22(30)17-8-6-5-7-9-17/h5-9,11,14-15,18-21H,3-4,10,12-13H2,1-2H3,(H,27,31)/t18-,19?,20?,21+,24+/m0/s1. The van der Waals surface area contributed by atoms with Crippen LogP contribution in [-0.2, 0) is 18.9 Å². The van der Waals surface area contributed by atoms with Crippen LogP contribution in [0.1, 0.15) is 43.2 Å². The van der Waals surface area contributed by atoms with E-state index in [-0.39, 0.29) is 19.2 Å². The third-order valence-corrected chi connectivity index (χ3v) is 6.47. The first-order valence-corrected chi connectivity index (χ1v) is 11.8. The fraction of sp³-hybridized carbons (Fsp3) is 0.500. The highest BCUT2D eigenvalue weighted by molar-refractivity contribution is 5.89. The molecule has 5 rings (SSSR count). The van der Waals surface area contributed by atoms with E-state index in [0.717, 1.165) is 18.4 Å². The maximum atomic E-state index is 13.1. The van der Waals surface area contributed by atoms with Crippen molar-refractivity contribution in [1.29, 1.82) is 0 Å². The van der Waals surface area contributed by atoms with Gasteiger partial charge in [0.05, 0.1) is 12.2 Å². The van der Waals surface area contributed by atoms with Crippen LogP contribution in [-0.4, -0.2) is 75.5 Å². The lowest BCUT2D eigenvalue weighted by Gasteiger charge is -2.38. The van der Waals surface area contributed by atoms with E-state index in [2.05, 4.69) is 22.3 Å². The summed E-state index contributed by atoms with van der Waals surface area (Å²) in [7, 11) is 0. The molecule has 0 radical (unpaired) electrons. The molecular weight excluding hydrogens is 454 g/mol. The number of nitrogens with one attached hydrogen (secondary N) is 1. The highest BCUT2D eigenvalue weighted by atomic mass is 16.7. The normalized spacial score (nSPS) is 29.7. The number of hydrogen-bond donors (Lipinski definition) is 1. The molecule has 11 heteroatoms. The minimum atomic E-state index is -1.02. The summed E-state index contributed by atoms with van der Waals surface area (Å²) in [6.07, 6.45) is 4.33. The van der Waals surface area contributed by atoms with E-state index in [1.807, 2.05) is 13.0 Å². The minimum Gasteiger partial charge on any atom is -0.459 e. The van der Waals surface area contributed by atoms with E-state index in [4.69, 9.17) is 18.9 Å². The second-order valence-electron chi connectivity index (χ2n) is 8.94. The van der Waals surface area contributed by atoms with Crippen molar-refractivity contribution in [1.82, 2.24) is 25.0 Å². The number of hydrogen-bond acceptors (Lipinski definition) is 8. The van der Waals surface area contributed by atoms with E-state index in [9.17, 15) is 9.59 Å². The smallest absolute Gasteiger partial charge is 0.338 e. The van der Waals surface area contributed by atoms with Crippen molar-refractivity contribution < 1.29 is 28.5 Å². The van der Waals surface area contributed by atoms with Gasteiger partial charge in [-0.2, -0.15) is 5.10 Å². The average molecular weight is 484 g/mol. The fourth-order valence-electron chi connectivity index (χ4n) is 4.63. The number of fused-ring (bicyclic) bond motifs is 2. The number of unbranched alkanes of at least 4 members (excludes halogenated alkanes) is 1. The van der Waals surface area contributed by atoms with Crippen molar-refractivity contribution in [2.24, 2.45) is 0 Å². The molecule has 186 valence electrons. The van der Waals surface area contributed by atoms with Gasteiger partial charge in [-0.1, -0.05) is 31.5 Å². The number of ether oxygens (including phenoxy) is 4. The molecule has 0 saturated carbocycles. The Labute approximate surface area is 203 Å². The second kappa shape index (κ2) is 9.76. The van der Waals surface area contributed by atoms with Crippen LogP contribution in [0.4, 0.5) is 4.79 Å². The van der Waals surface area contributed by atoms with Gasteiger partial charge in [-0.25, -0.2) is 19.3 Å². The lowest BCUT2D eigenvalue weighted by atomic mass is 9.99. The zero-order chi connectivity index (χ0) is 24.4. The minimum absolute atomic E-state index is 0.0513. The van der Waals surface area contributed by atoms with Crippen LogP contribution in [0, 0.1) is 0 Å². The molecule has 2 fully saturated rings. The van der Waals surface area contributed by atoms with Gasteiger partial charge in [-0.15, -0.1) is 0 Å². The van der Waals surface area contributed by atoms with Crippen LogP contribution in [0.5, 0.6) is 0 Å². The van der Waals surface area contributed by atoms with Gasteiger partial charge in [0.25, 0.3) is 0 Å². The molecule has 1 aromatic heterocycles. The fourth-order valence-corrected chi connectivity index (χ4v) is 4.63. The Morgan fingerprint density at radius 1 is 1.31 bits per heavy atom. The third kappa shape index (κ3) is 4.42. The van der Waals surface area contributed by atoms with Crippen LogP contribution in [0.25, 0.3) is 0 Å². The Hall–Kier alpha value is -3.28. The van der Waals surface area contributed by atoms with Crippen molar-refractivity contribution in [2.75, 3.05) is 19.8 Å². The molecule has 2 unspecified atom stereocenters. The molecule has 2 aromatic rings. The van der Waals surface area contributed by atoms with Crippen molar-refractivity contribution in [3.63, 3.8) is 0 Å². The van der Waals surface area contributed by atoms with E-state index >= 15 is 0 Å². The van der Waals surface area contributed by atoms with Crippen LogP contribution in [0.15, 0.2) is 54.8 Å². The molecule has 3 aliphatic heterocycles. The number of aromatic nitrogens is 3. The summed E-state index contributed by atoms with van der Waals surface area (Å²) in [4.78, 5) is 31.1. The molecule has 4 heterocycles. The van der Waals surface area contributed by atoms with E-state index in [0.29, 0.717) is 12.2 Å². The number of amides is 2. The van der Waals surface area contributed by atoms with E-state index in [1.54, 1.807) is 41.5 Å². The van der Waals surface area contributed by atoms with Gasteiger partial charge in [0.15, 0.2) is 11.8 Å². The molecule has 1 N–H and O–H groups in total. The Morgan fingerprint density at radius 3 is 2.89 bits per heavy atom. The lowest BCUT2D eigenvalue weighted by Crippen LogP contribution is -2.55. The summed E-state index contributed by atoms with van der Waals surface area (Å²) in [5.41, 5.74) is 0.276. The summed E-state index contributed by atoms with van der Waals surface area (Å²) in [5, 5.41) is 7.05. The molecule has 3 aliphatic rings. The molecule has 5 atom stereocenters. The van der Waals surface area contributed by atoms with E-state index in [1.165, 1.54) is 11.2 Å². The van der Waals surface area contributed by atoms with Gasteiger partial charge in [0.2, 0.25) is 0 Å². The van der Waals surface area contributed by atoms with Crippen LogP contribution < -0.4 is 5.32 Å². The molecule has 0 aliphatic carbocycles. The molecular formula is C24H29N5O6. The first kappa shape index (κ1) is 23.5. The number of urea groups is 1. The number of rotatable bonds is 9. The van der Waals surface area contributed by atoms with Crippen molar-refractivity contribution in [3.05, 3.63) is 60.3 Å². The van der Waals surface area contributed by atoms with Crippen molar-refractivity contribution in [3.8, 4) is 0 Å². The van der Waals surface area contributed by atoms with Crippen molar-refractivity contribution >= 4 is 12.0 Å². The molecule has 2 saturated heterocycles. The monoisotopic (exact) mass is 483 g/mol. The number of carbonyl (C=O) groups excluding carboxylic acids is 2. The largest absolute Gasteiger partial charge is 0.459 e. The number of esters is 1. The summed E-state index contributed by atoms with van der Waals surface area (Å²) in [5.74, 6) is -0.454. The highest BCUT2D eigenvalue weighted by Gasteiger charge is 2.65. The molecule has 1 aromatic carbocycles. The maximum absolute atomic E-state index is 13.1. The highest BCUT2D eigenvalue weighted by Crippen LogP contribution is 2.44. The number of benzene rings is 1. The second-order valence-corrected chi connectivity index (χ2v) is 8.94. The predicted octanol–water partition coefficient (Wildman–Crippen LogP) is 2.24. The molecule has 2 amide bonds. The maximum Gasteiger partial charge on any atom is 0.338 e. The SMILES string of the molecule is CCCCOC1[C@@H]2OC[C@]1(COC(=O)c1ccccc1)O[C@H]2N1C=C(C)C(n2cncn2)NC1=O. The third-order valence-electron chi connectivity index (χ3n) is 6.47. The van der Waals surface area contributed by atoms with Gasteiger partial charge >= 0.3 is 12.0 Å². The lowest BCUT2D eigenvalue weighted by molar-refractivity contribution is -0.191. The Balaban J connectivity index is 1.35. The summed E-state index contributed by atoms with van der Waals surface area (Å²) in [6.45, 7) is 4.63. The first-order valence-electron chi connectivity index (χ1n) is 11.8. The van der Waals surface area contributed by atoms with Crippen LogP contribution in [0.3, 0.4) is 0 Å². The topological polar surface area (TPSA) is 117 Å². The Bertz CT molecular complexity index is 1080. The van der Waals surface area contributed by atoms with E-state index < -0.39 is 36.2 Å². The summed E-state index contributed by atoms with van der Waals surface area (Å²) in [6, 6.07) is 8.41. The predicted molar refractivity (Wildman–Crippen MR) is 122 cm³/mol. The van der Waals surface area contributed by atoms with Crippen molar-refractivity contribution in [2.45, 2.75) is 56.9 Å². The van der Waals surface area contributed by atoms with Gasteiger partial charge < -0.3 is 24.3 Å². The molecule has 11 nitrogen and oxygen atoms in total. The molecule has 0 spiro atoms. The number of carbonyl (C=O) groups is 2. The summed E-state index contributed by atoms with van der Waals surface area (Å²) >= 11 is 0. The van der Waals surface area contributed by atoms with Gasteiger partial charge in [0, 0.05) is 12.8 Å². The molecule has 35 heavy (non-hydrogen) atoms.